The third-order valence-electron chi connectivity index (χ3n) is 4.75. The van der Waals surface area contributed by atoms with Crippen LogP contribution in [0.3, 0.4) is 0 Å². The number of anilines is 1. The number of fused-ring (bicyclic) bond motifs is 1. The van der Waals surface area contributed by atoms with Gasteiger partial charge in [-0.25, -0.2) is 4.79 Å². The monoisotopic (exact) mass is 331 g/mol. The molecule has 6 heteroatoms. The van der Waals surface area contributed by atoms with Gasteiger partial charge in [0.15, 0.2) is 0 Å². The second-order valence-electron chi connectivity index (χ2n) is 6.64. The van der Waals surface area contributed by atoms with Gasteiger partial charge in [0.05, 0.1) is 18.2 Å². The highest BCUT2D eigenvalue weighted by molar-refractivity contribution is 5.93. The number of benzene rings is 1. The summed E-state index contributed by atoms with van der Waals surface area (Å²) < 4.78 is 5.60. The molecule has 1 fully saturated rings. The fourth-order valence-electron chi connectivity index (χ4n) is 3.29. The first kappa shape index (κ1) is 16.8. The molecule has 1 saturated heterocycles. The van der Waals surface area contributed by atoms with Crippen molar-refractivity contribution in [3.63, 3.8) is 0 Å². The van der Waals surface area contributed by atoms with Crippen LogP contribution in [0.4, 0.5) is 10.5 Å². The lowest BCUT2D eigenvalue weighted by Crippen LogP contribution is -2.46. The number of hydrogen-bond donors (Lipinski definition) is 3. The number of carbonyl (C=O) groups excluding carboxylic acids is 2. The van der Waals surface area contributed by atoms with Crippen molar-refractivity contribution in [2.45, 2.75) is 57.7 Å². The maximum absolute atomic E-state index is 12.2. The van der Waals surface area contributed by atoms with Crippen LogP contribution < -0.4 is 16.0 Å². The smallest absolute Gasteiger partial charge is 0.315 e. The number of urea groups is 1. The first-order chi connectivity index (χ1) is 11.5. The molecule has 2 aliphatic rings. The number of hydrogen-bond acceptors (Lipinski definition) is 3. The Kier molecular flexibility index (Phi) is 5.04. The number of amides is 3. The van der Waals surface area contributed by atoms with Crippen molar-refractivity contribution in [3.8, 4) is 0 Å². The van der Waals surface area contributed by atoms with Gasteiger partial charge in [0.1, 0.15) is 0 Å². The van der Waals surface area contributed by atoms with Crippen LogP contribution in [0.25, 0.3) is 0 Å². The van der Waals surface area contributed by atoms with Crippen molar-refractivity contribution in [2.24, 2.45) is 0 Å². The second-order valence-corrected chi connectivity index (χ2v) is 6.64. The van der Waals surface area contributed by atoms with E-state index in [1.165, 1.54) is 0 Å². The second kappa shape index (κ2) is 7.21. The molecule has 1 aromatic carbocycles. The van der Waals surface area contributed by atoms with Crippen LogP contribution in [0.5, 0.6) is 0 Å². The molecule has 2 heterocycles. The van der Waals surface area contributed by atoms with Crippen molar-refractivity contribution >= 4 is 17.6 Å². The predicted octanol–water partition coefficient (Wildman–Crippen LogP) is 2.50. The van der Waals surface area contributed by atoms with Crippen molar-refractivity contribution in [2.75, 3.05) is 11.9 Å². The van der Waals surface area contributed by atoms with E-state index >= 15 is 0 Å². The highest BCUT2D eigenvalue weighted by Gasteiger charge is 2.24. The minimum absolute atomic E-state index is 0.00144. The van der Waals surface area contributed by atoms with Crippen LogP contribution in [0.1, 0.15) is 50.3 Å². The molecule has 3 atom stereocenters. The van der Waals surface area contributed by atoms with Crippen LogP contribution in [-0.4, -0.2) is 30.7 Å². The number of nitrogens with one attached hydrogen (secondary N) is 3. The number of ether oxygens (including phenoxy) is 1. The fourth-order valence-corrected chi connectivity index (χ4v) is 3.29. The van der Waals surface area contributed by atoms with E-state index in [1.54, 1.807) is 0 Å². The minimum atomic E-state index is -0.184. The minimum Gasteiger partial charge on any atom is -0.376 e. The number of rotatable bonds is 4. The van der Waals surface area contributed by atoms with E-state index in [2.05, 4.69) is 22.0 Å². The third-order valence-corrected chi connectivity index (χ3v) is 4.75. The Labute approximate surface area is 142 Å². The normalized spacial score (nSPS) is 22.2. The Morgan fingerprint density at radius 2 is 2.12 bits per heavy atom. The molecule has 0 aromatic heterocycles. The Balaban J connectivity index is 1.57. The highest BCUT2D eigenvalue weighted by atomic mass is 16.5. The molecule has 24 heavy (non-hydrogen) atoms. The molecule has 3 rings (SSSR count). The molecule has 130 valence electrons. The quantitative estimate of drug-likeness (QED) is 0.793. The average molecular weight is 331 g/mol. The summed E-state index contributed by atoms with van der Waals surface area (Å²) in [6.07, 6.45) is 3.41. The van der Waals surface area contributed by atoms with E-state index in [4.69, 9.17) is 4.74 Å². The molecule has 0 radical (unpaired) electrons. The van der Waals surface area contributed by atoms with E-state index in [0.717, 1.165) is 42.7 Å². The standard InChI is InChI=1S/C18H25N3O3/c1-11(19-18(23)20-12(2)16-4-3-9-24-16)13-5-7-15-14(10-13)6-8-17(22)21-15/h5,7,10-12,16H,3-4,6,8-9H2,1-2H3,(H,21,22)(H2,19,20,23)/t11-,12-,16+/m0/s1. The van der Waals surface area contributed by atoms with Crippen LogP contribution in [0, 0.1) is 0 Å². The third kappa shape index (κ3) is 3.87. The average Bonchev–Trinajstić information content (AvgIpc) is 3.08. The van der Waals surface area contributed by atoms with Gasteiger partial charge < -0.3 is 20.7 Å². The van der Waals surface area contributed by atoms with Crippen LogP contribution >= 0.6 is 0 Å². The van der Waals surface area contributed by atoms with E-state index in [0.29, 0.717) is 6.42 Å². The summed E-state index contributed by atoms with van der Waals surface area (Å²) in [6.45, 7) is 4.71. The zero-order chi connectivity index (χ0) is 17.1. The van der Waals surface area contributed by atoms with Gasteiger partial charge in [-0.2, -0.15) is 0 Å². The van der Waals surface area contributed by atoms with Crippen LogP contribution in [0.15, 0.2) is 18.2 Å². The van der Waals surface area contributed by atoms with Gasteiger partial charge in [-0.3, -0.25) is 4.79 Å². The summed E-state index contributed by atoms with van der Waals surface area (Å²) in [6, 6.07) is 5.62. The maximum Gasteiger partial charge on any atom is 0.315 e. The van der Waals surface area contributed by atoms with Gasteiger partial charge in [0.25, 0.3) is 0 Å². The summed E-state index contributed by atoms with van der Waals surface area (Å²) in [5, 5.41) is 8.80. The summed E-state index contributed by atoms with van der Waals surface area (Å²) >= 11 is 0. The molecule has 0 unspecified atom stereocenters. The molecule has 0 spiro atoms. The van der Waals surface area contributed by atoms with Crippen molar-refractivity contribution in [3.05, 3.63) is 29.3 Å². The lowest BCUT2D eigenvalue weighted by Gasteiger charge is -2.23. The van der Waals surface area contributed by atoms with Crippen LogP contribution in [0.2, 0.25) is 0 Å². The molecule has 3 N–H and O–H groups in total. The largest absolute Gasteiger partial charge is 0.376 e. The van der Waals surface area contributed by atoms with E-state index in [-0.39, 0.29) is 30.1 Å². The Morgan fingerprint density at radius 3 is 2.88 bits per heavy atom. The fraction of sp³-hybridized carbons (Fsp3) is 0.556. The topological polar surface area (TPSA) is 79.5 Å². The lowest BCUT2D eigenvalue weighted by atomic mass is 9.98. The van der Waals surface area contributed by atoms with Gasteiger partial charge in [0.2, 0.25) is 5.91 Å². The molecule has 6 nitrogen and oxygen atoms in total. The van der Waals surface area contributed by atoms with E-state index in [9.17, 15) is 9.59 Å². The zero-order valence-corrected chi connectivity index (χ0v) is 14.2. The summed E-state index contributed by atoms with van der Waals surface area (Å²) in [5.74, 6) is 0.0592. The Morgan fingerprint density at radius 1 is 1.29 bits per heavy atom. The first-order valence-electron chi connectivity index (χ1n) is 8.64. The van der Waals surface area contributed by atoms with Gasteiger partial charge in [-0.05, 0) is 50.3 Å². The van der Waals surface area contributed by atoms with E-state index < -0.39 is 0 Å². The lowest BCUT2D eigenvalue weighted by molar-refractivity contribution is -0.116. The molecule has 0 aliphatic carbocycles. The number of aryl methyl sites for hydroxylation is 1. The highest BCUT2D eigenvalue weighted by Crippen LogP contribution is 2.26. The SMILES string of the molecule is C[C@H](NC(=O)N[C@@H](C)[C@H]1CCCO1)c1ccc2c(c1)CCC(=O)N2. The Bertz CT molecular complexity index is 626. The van der Waals surface area contributed by atoms with Crippen molar-refractivity contribution in [1.82, 2.24) is 10.6 Å². The molecular weight excluding hydrogens is 306 g/mol. The first-order valence-corrected chi connectivity index (χ1v) is 8.64. The van der Waals surface area contributed by atoms with Crippen LogP contribution in [-0.2, 0) is 16.0 Å². The zero-order valence-electron chi connectivity index (χ0n) is 14.2. The molecule has 0 saturated carbocycles. The molecular formula is C18H25N3O3. The van der Waals surface area contributed by atoms with Crippen molar-refractivity contribution in [1.29, 1.82) is 0 Å². The van der Waals surface area contributed by atoms with Gasteiger partial charge in [0, 0.05) is 18.7 Å². The van der Waals surface area contributed by atoms with Gasteiger partial charge in [-0.15, -0.1) is 0 Å². The Hall–Kier alpha value is -2.08. The molecule has 3 amide bonds. The summed E-state index contributed by atoms with van der Waals surface area (Å²) in [4.78, 5) is 23.6. The molecule has 0 bridgehead atoms. The van der Waals surface area contributed by atoms with Gasteiger partial charge in [-0.1, -0.05) is 12.1 Å². The summed E-state index contributed by atoms with van der Waals surface area (Å²) in [7, 11) is 0. The molecule has 1 aromatic rings. The van der Waals surface area contributed by atoms with E-state index in [1.807, 2.05) is 26.0 Å². The molecule has 2 aliphatic heterocycles. The predicted molar refractivity (Wildman–Crippen MR) is 91.9 cm³/mol. The summed E-state index contributed by atoms with van der Waals surface area (Å²) in [5.41, 5.74) is 3.03. The maximum atomic E-state index is 12.2. The van der Waals surface area contributed by atoms with Gasteiger partial charge >= 0.3 is 6.03 Å². The van der Waals surface area contributed by atoms with Crippen molar-refractivity contribution < 1.29 is 14.3 Å². The number of carbonyl (C=O) groups is 2.